The first-order valence-corrected chi connectivity index (χ1v) is 8.60. The van der Waals surface area contributed by atoms with E-state index in [9.17, 15) is 4.79 Å². The van der Waals surface area contributed by atoms with E-state index in [-0.39, 0.29) is 5.78 Å². The maximum atomic E-state index is 12.0. The lowest BCUT2D eigenvalue weighted by atomic mass is 10.2. The van der Waals surface area contributed by atoms with Crippen LogP contribution in [-0.4, -0.2) is 56.7 Å². The summed E-state index contributed by atoms with van der Waals surface area (Å²) in [6, 6.07) is 3.82. The zero-order valence-electron chi connectivity index (χ0n) is 13.2. The van der Waals surface area contributed by atoms with Crippen molar-refractivity contribution in [3.63, 3.8) is 0 Å². The molecule has 0 bridgehead atoms. The van der Waals surface area contributed by atoms with Gasteiger partial charge in [0.2, 0.25) is 0 Å². The van der Waals surface area contributed by atoms with Gasteiger partial charge in [-0.3, -0.25) is 9.69 Å². The van der Waals surface area contributed by atoms with E-state index in [0.29, 0.717) is 6.42 Å². The fourth-order valence-electron chi connectivity index (χ4n) is 2.04. The molecule has 120 valence electrons. The molecule has 0 spiro atoms. The molecule has 0 fully saturated rings. The number of hydrogen-bond acceptors (Lipinski definition) is 5. The highest BCUT2D eigenvalue weighted by molar-refractivity contribution is 7.12. The quantitative estimate of drug-likeness (QED) is 0.414. The molecule has 0 atom stereocenters. The Bertz CT molecular complexity index is 358. The van der Waals surface area contributed by atoms with Crippen molar-refractivity contribution in [1.29, 1.82) is 0 Å². The maximum absolute atomic E-state index is 12.0. The minimum Gasteiger partial charge on any atom is -0.380 e. The zero-order valence-corrected chi connectivity index (χ0v) is 14.0. The maximum Gasteiger partial charge on any atom is 0.172 e. The van der Waals surface area contributed by atoms with Crippen LogP contribution in [0.3, 0.4) is 0 Å². The van der Waals surface area contributed by atoms with E-state index in [0.717, 1.165) is 57.4 Å². The van der Waals surface area contributed by atoms with E-state index in [1.165, 1.54) is 11.3 Å². The first-order chi connectivity index (χ1) is 10.3. The lowest BCUT2D eigenvalue weighted by Crippen LogP contribution is -2.32. The average molecular weight is 313 g/mol. The summed E-state index contributed by atoms with van der Waals surface area (Å²) in [5.74, 6) is 0.250. The molecule has 0 N–H and O–H groups in total. The summed E-state index contributed by atoms with van der Waals surface area (Å²) in [5, 5.41) is 1.95. The van der Waals surface area contributed by atoms with Gasteiger partial charge in [0.1, 0.15) is 0 Å². The Morgan fingerprint density at radius 2 is 1.81 bits per heavy atom. The van der Waals surface area contributed by atoms with E-state index >= 15 is 0 Å². The second kappa shape index (κ2) is 11.9. The van der Waals surface area contributed by atoms with Crippen LogP contribution in [0.4, 0.5) is 0 Å². The predicted molar refractivity (Wildman–Crippen MR) is 87.3 cm³/mol. The van der Waals surface area contributed by atoms with Crippen molar-refractivity contribution in [3.8, 4) is 0 Å². The van der Waals surface area contributed by atoms with Gasteiger partial charge in [-0.1, -0.05) is 6.07 Å². The lowest BCUT2D eigenvalue weighted by molar-refractivity contribution is 0.0809. The van der Waals surface area contributed by atoms with Crippen LogP contribution in [0.25, 0.3) is 0 Å². The third kappa shape index (κ3) is 8.31. The van der Waals surface area contributed by atoms with Crippen LogP contribution in [0.5, 0.6) is 0 Å². The smallest absolute Gasteiger partial charge is 0.172 e. The van der Waals surface area contributed by atoms with Crippen LogP contribution in [-0.2, 0) is 9.47 Å². The summed E-state index contributed by atoms with van der Waals surface area (Å²) >= 11 is 1.52. The number of thiophene rings is 1. The first-order valence-electron chi connectivity index (χ1n) is 7.72. The van der Waals surface area contributed by atoms with Crippen LogP contribution >= 0.6 is 11.3 Å². The average Bonchev–Trinajstić information content (AvgIpc) is 3.01. The highest BCUT2D eigenvalue weighted by atomic mass is 32.1. The monoisotopic (exact) mass is 313 g/mol. The largest absolute Gasteiger partial charge is 0.380 e. The van der Waals surface area contributed by atoms with Gasteiger partial charge in [0.25, 0.3) is 0 Å². The van der Waals surface area contributed by atoms with Gasteiger partial charge in [-0.05, 0) is 38.3 Å². The molecular weight excluding hydrogens is 286 g/mol. The van der Waals surface area contributed by atoms with Crippen molar-refractivity contribution < 1.29 is 14.3 Å². The minimum absolute atomic E-state index is 0.250. The molecule has 0 aliphatic rings. The third-order valence-electron chi connectivity index (χ3n) is 3.19. The van der Waals surface area contributed by atoms with Gasteiger partial charge < -0.3 is 9.47 Å². The summed E-state index contributed by atoms with van der Waals surface area (Å²) in [7, 11) is 0. The van der Waals surface area contributed by atoms with Gasteiger partial charge >= 0.3 is 0 Å². The summed E-state index contributed by atoms with van der Waals surface area (Å²) < 4.78 is 10.8. The Morgan fingerprint density at radius 3 is 2.33 bits per heavy atom. The minimum atomic E-state index is 0.250. The Kier molecular flexibility index (Phi) is 10.3. The van der Waals surface area contributed by atoms with E-state index in [1.54, 1.807) is 0 Å². The van der Waals surface area contributed by atoms with E-state index < -0.39 is 0 Å². The van der Waals surface area contributed by atoms with Crippen LogP contribution < -0.4 is 0 Å². The molecule has 0 amide bonds. The fourth-order valence-corrected chi connectivity index (χ4v) is 2.73. The number of ketones is 1. The van der Waals surface area contributed by atoms with E-state index in [1.807, 2.05) is 31.4 Å². The van der Waals surface area contributed by atoms with Crippen molar-refractivity contribution >= 4 is 17.1 Å². The molecule has 0 radical (unpaired) electrons. The van der Waals surface area contributed by atoms with Crippen LogP contribution in [0.2, 0.25) is 0 Å². The van der Waals surface area contributed by atoms with E-state index in [2.05, 4.69) is 4.90 Å². The molecular formula is C16H27NO3S. The second-order valence-electron chi connectivity index (χ2n) is 4.74. The SMILES string of the molecule is CCOCCN(CCCC(=O)c1cccs1)CCOCC. The number of nitrogens with zero attached hydrogens (tertiary/aromatic N) is 1. The summed E-state index contributed by atoms with van der Waals surface area (Å²) in [6.07, 6.45) is 1.50. The topological polar surface area (TPSA) is 38.8 Å². The second-order valence-corrected chi connectivity index (χ2v) is 5.69. The highest BCUT2D eigenvalue weighted by Gasteiger charge is 2.09. The number of hydrogen-bond donors (Lipinski definition) is 0. The van der Waals surface area contributed by atoms with Crippen molar-refractivity contribution in [1.82, 2.24) is 4.90 Å². The van der Waals surface area contributed by atoms with Crippen LogP contribution in [0.15, 0.2) is 17.5 Å². The molecule has 1 rings (SSSR count). The lowest BCUT2D eigenvalue weighted by Gasteiger charge is -2.21. The molecule has 21 heavy (non-hydrogen) atoms. The first kappa shape index (κ1) is 18.3. The molecule has 1 aromatic heterocycles. The van der Waals surface area contributed by atoms with Gasteiger partial charge in [0.05, 0.1) is 18.1 Å². The molecule has 0 aliphatic carbocycles. The standard InChI is InChI=1S/C16H27NO3S/c1-3-19-12-10-17(11-13-20-4-2)9-5-7-15(18)16-8-6-14-21-16/h6,8,14H,3-5,7,9-13H2,1-2H3. The molecule has 5 heteroatoms. The number of carbonyl (C=O) groups is 1. The molecule has 0 saturated carbocycles. The number of carbonyl (C=O) groups excluding carboxylic acids is 1. The Balaban J connectivity index is 2.24. The predicted octanol–water partition coefficient (Wildman–Crippen LogP) is 3.09. The zero-order chi connectivity index (χ0) is 15.3. The molecule has 0 unspecified atom stereocenters. The number of rotatable bonds is 13. The number of Topliss-reactive ketones (excluding diaryl/α,β-unsaturated/α-hetero) is 1. The normalized spacial score (nSPS) is 11.2. The van der Waals surface area contributed by atoms with Gasteiger partial charge in [-0.25, -0.2) is 0 Å². The Morgan fingerprint density at radius 1 is 1.14 bits per heavy atom. The highest BCUT2D eigenvalue weighted by Crippen LogP contribution is 2.12. The van der Waals surface area contributed by atoms with Crippen LogP contribution in [0, 0.1) is 0 Å². The molecule has 1 heterocycles. The fraction of sp³-hybridized carbons (Fsp3) is 0.688. The molecule has 4 nitrogen and oxygen atoms in total. The van der Waals surface area contributed by atoms with Crippen molar-refractivity contribution in [2.45, 2.75) is 26.7 Å². The van der Waals surface area contributed by atoms with Gasteiger partial charge in [-0.15, -0.1) is 11.3 Å². The van der Waals surface area contributed by atoms with E-state index in [4.69, 9.17) is 9.47 Å². The van der Waals surface area contributed by atoms with Crippen LogP contribution in [0.1, 0.15) is 36.4 Å². The Labute approximate surface area is 132 Å². The summed E-state index contributed by atoms with van der Waals surface area (Å²) in [6.45, 7) is 9.68. The molecule has 0 aromatic carbocycles. The van der Waals surface area contributed by atoms with Crippen molar-refractivity contribution in [3.05, 3.63) is 22.4 Å². The molecule has 0 aliphatic heterocycles. The third-order valence-corrected chi connectivity index (χ3v) is 4.10. The summed E-state index contributed by atoms with van der Waals surface area (Å²) in [5.41, 5.74) is 0. The van der Waals surface area contributed by atoms with Gasteiger partial charge in [-0.2, -0.15) is 0 Å². The van der Waals surface area contributed by atoms with Gasteiger partial charge in [0, 0.05) is 32.7 Å². The molecule has 1 aromatic rings. The van der Waals surface area contributed by atoms with Gasteiger partial charge in [0.15, 0.2) is 5.78 Å². The molecule has 0 saturated heterocycles. The van der Waals surface area contributed by atoms with Crippen molar-refractivity contribution in [2.24, 2.45) is 0 Å². The number of ether oxygens (including phenoxy) is 2. The van der Waals surface area contributed by atoms with Crippen molar-refractivity contribution in [2.75, 3.05) is 46.1 Å². The Hall–Kier alpha value is -0.750. The summed E-state index contributed by atoms with van der Waals surface area (Å²) in [4.78, 5) is 15.1.